The summed E-state index contributed by atoms with van der Waals surface area (Å²) in [5.74, 6) is -1.72. The van der Waals surface area contributed by atoms with Gasteiger partial charge in [-0.2, -0.15) is 0 Å². The number of hydrogen-bond acceptors (Lipinski definition) is 3. The van der Waals surface area contributed by atoms with Gasteiger partial charge in [-0.25, -0.2) is 8.42 Å². The highest BCUT2D eigenvalue weighted by Crippen LogP contribution is 2.19. The standard InChI is InChI=1S/C10H11ClO4S/c1-7(10(12)13)16(14,15)6-8-4-2-3-5-9(8)11/h2-5,7H,6H2,1H3,(H,12,13). The van der Waals surface area contributed by atoms with Crippen molar-refractivity contribution in [2.75, 3.05) is 0 Å². The Bertz CT molecular complexity index is 495. The van der Waals surface area contributed by atoms with E-state index in [1.165, 1.54) is 0 Å². The minimum atomic E-state index is -3.72. The fraction of sp³-hybridized carbons (Fsp3) is 0.300. The van der Waals surface area contributed by atoms with Crippen LogP contribution < -0.4 is 0 Å². The first kappa shape index (κ1) is 13.0. The lowest BCUT2D eigenvalue weighted by atomic mass is 10.2. The molecule has 0 amide bonds. The molecule has 0 bridgehead atoms. The summed E-state index contributed by atoms with van der Waals surface area (Å²) in [6, 6.07) is 6.47. The number of carboxylic acids is 1. The van der Waals surface area contributed by atoms with Crippen molar-refractivity contribution in [2.45, 2.75) is 17.9 Å². The van der Waals surface area contributed by atoms with Gasteiger partial charge < -0.3 is 5.11 Å². The Morgan fingerprint density at radius 2 is 2.00 bits per heavy atom. The molecule has 0 aromatic heterocycles. The van der Waals surface area contributed by atoms with Crippen molar-refractivity contribution in [3.8, 4) is 0 Å². The van der Waals surface area contributed by atoms with Gasteiger partial charge in [0.05, 0.1) is 5.75 Å². The Morgan fingerprint density at radius 1 is 1.44 bits per heavy atom. The largest absolute Gasteiger partial charge is 0.480 e. The van der Waals surface area contributed by atoms with Crippen molar-refractivity contribution in [3.05, 3.63) is 34.9 Å². The van der Waals surface area contributed by atoms with E-state index in [1.54, 1.807) is 24.3 Å². The van der Waals surface area contributed by atoms with E-state index in [0.717, 1.165) is 6.92 Å². The Kier molecular flexibility index (Phi) is 3.93. The van der Waals surface area contributed by atoms with E-state index in [4.69, 9.17) is 16.7 Å². The number of sulfone groups is 1. The molecule has 1 rings (SSSR count). The molecule has 1 aromatic rings. The zero-order valence-electron chi connectivity index (χ0n) is 8.55. The number of benzene rings is 1. The molecule has 0 heterocycles. The molecule has 0 fully saturated rings. The summed E-state index contributed by atoms with van der Waals surface area (Å²) in [6.07, 6.45) is 0. The molecule has 16 heavy (non-hydrogen) atoms. The van der Waals surface area contributed by atoms with Crippen LogP contribution in [0.3, 0.4) is 0 Å². The lowest BCUT2D eigenvalue weighted by molar-refractivity contribution is -0.136. The first-order valence-corrected chi connectivity index (χ1v) is 6.61. The maximum absolute atomic E-state index is 11.7. The molecule has 6 heteroatoms. The molecule has 1 N–H and O–H groups in total. The molecule has 88 valence electrons. The third kappa shape index (κ3) is 2.96. The minimum Gasteiger partial charge on any atom is -0.480 e. The molecule has 4 nitrogen and oxygen atoms in total. The first-order valence-electron chi connectivity index (χ1n) is 4.52. The van der Waals surface area contributed by atoms with Crippen LogP contribution >= 0.6 is 11.6 Å². The average molecular weight is 263 g/mol. The van der Waals surface area contributed by atoms with Gasteiger partial charge in [-0.05, 0) is 18.6 Å². The van der Waals surface area contributed by atoms with Crippen molar-refractivity contribution in [3.63, 3.8) is 0 Å². The predicted molar refractivity (Wildman–Crippen MR) is 61.2 cm³/mol. The molecule has 1 atom stereocenters. The van der Waals surface area contributed by atoms with Crippen molar-refractivity contribution >= 4 is 27.4 Å². The number of rotatable bonds is 4. The molecule has 0 radical (unpaired) electrons. The number of carbonyl (C=O) groups is 1. The fourth-order valence-electron chi connectivity index (χ4n) is 1.11. The van der Waals surface area contributed by atoms with Crippen LogP contribution in [0.15, 0.2) is 24.3 Å². The van der Waals surface area contributed by atoms with Gasteiger partial charge >= 0.3 is 5.97 Å². The molecule has 0 spiro atoms. The van der Waals surface area contributed by atoms with E-state index in [1.807, 2.05) is 0 Å². The van der Waals surface area contributed by atoms with Gasteiger partial charge in [0.15, 0.2) is 15.1 Å². The summed E-state index contributed by atoms with van der Waals surface area (Å²) in [5.41, 5.74) is 0.414. The second-order valence-electron chi connectivity index (χ2n) is 3.38. The van der Waals surface area contributed by atoms with Crippen LogP contribution in [0.25, 0.3) is 0 Å². The smallest absolute Gasteiger partial charge is 0.321 e. The van der Waals surface area contributed by atoms with Gasteiger partial charge in [-0.3, -0.25) is 4.79 Å². The fourth-order valence-corrected chi connectivity index (χ4v) is 2.64. The lowest BCUT2D eigenvalue weighted by Crippen LogP contribution is -2.28. The molecule has 0 saturated heterocycles. The van der Waals surface area contributed by atoms with E-state index >= 15 is 0 Å². The Hall–Kier alpha value is -1.07. The molecule has 0 aliphatic rings. The van der Waals surface area contributed by atoms with Gasteiger partial charge in [-0.1, -0.05) is 29.8 Å². The van der Waals surface area contributed by atoms with Crippen molar-refractivity contribution in [1.82, 2.24) is 0 Å². The maximum Gasteiger partial charge on any atom is 0.321 e. The summed E-state index contributed by atoms with van der Waals surface area (Å²) < 4.78 is 23.3. The van der Waals surface area contributed by atoms with Crippen LogP contribution in [0.4, 0.5) is 0 Å². The van der Waals surface area contributed by atoms with Crippen LogP contribution in [0, 0.1) is 0 Å². The average Bonchev–Trinajstić information content (AvgIpc) is 2.20. The van der Waals surface area contributed by atoms with Crippen molar-refractivity contribution in [1.29, 1.82) is 0 Å². The summed E-state index contributed by atoms with van der Waals surface area (Å²) >= 11 is 5.80. The van der Waals surface area contributed by atoms with Crippen LogP contribution in [0.2, 0.25) is 5.02 Å². The van der Waals surface area contributed by atoms with Gasteiger partial charge in [0.25, 0.3) is 0 Å². The number of hydrogen-bond donors (Lipinski definition) is 1. The normalized spacial score (nSPS) is 13.4. The summed E-state index contributed by atoms with van der Waals surface area (Å²) in [7, 11) is -3.72. The van der Waals surface area contributed by atoms with E-state index in [0.29, 0.717) is 10.6 Å². The predicted octanol–water partition coefficient (Wildman–Crippen LogP) is 1.73. The summed E-state index contributed by atoms with van der Waals surface area (Å²) in [4.78, 5) is 10.6. The van der Waals surface area contributed by atoms with Gasteiger partial charge in [0, 0.05) is 5.02 Å². The maximum atomic E-state index is 11.7. The SMILES string of the molecule is CC(C(=O)O)S(=O)(=O)Cc1ccccc1Cl. The van der Waals surface area contributed by atoms with E-state index < -0.39 is 21.1 Å². The van der Waals surface area contributed by atoms with Crippen LogP contribution in [-0.4, -0.2) is 24.7 Å². The molecule has 0 aliphatic carbocycles. The van der Waals surface area contributed by atoms with Crippen molar-refractivity contribution < 1.29 is 18.3 Å². The lowest BCUT2D eigenvalue weighted by Gasteiger charge is -2.09. The van der Waals surface area contributed by atoms with Crippen LogP contribution in [0.1, 0.15) is 12.5 Å². The van der Waals surface area contributed by atoms with Gasteiger partial charge in [0.1, 0.15) is 0 Å². The summed E-state index contributed by atoms with van der Waals surface area (Å²) in [6.45, 7) is 1.15. The van der Waals surface area contributed by atoms with Crippen LogP contribution in [0.5, 0.6) is 0 Å². The molecular formula is C10H11ClO4S. The Balaban J connectivity index is 2.98. The summed E-state index contributed by atoms with van der Waals surface area (Å²) in [5, 5.41) is 7.55. The molecule has 0 aliphatic heterocycles. The highest BCUT2D eigenvalue weighted by molar-refractivity contribution is 7.92. The highest BCUT2D eigenvalue weighted by atomic mass is 35.5. The molecule has 1 unspecified atom stereocenters. The van der Waals surface area contributed by atoms with E-state index in [2.05, 4.69) is 0 Å². The van der Waals surface area contributed by atoms with Gasteiger partial charge in [-0.15, -0.1) is 0 Å². The number of halogens is 1. The van der Waals surface area contributed by atoms with E-state index in [9.17, 15) is 13.2 Å². The minimum absolute atomic E-state index is 0.323. The Labute approximate surface area is 98.8 Å². The zero-order chi connectivity index (χ0) is 12.3. The number of aliphatic carboxylic acids is 1. The van der Waals surface area contributed by atoms with Crippen molar-refractivity contribution in [2.24, 2.45) is 0 Å². The quantitative estimate of drug-likeness (QED) is 0.897. The van der Waals surface area contributed by atoms with Crippen LogP contribution in [-0.2, 0) is 20.4 Å². The third-order valence-corrected chi connectivity index (χ3v) is 4.56. The first-order chi connectivity index (χ1) is 7.34. The Morgan fingerprint density at radius 3 is 2.50 bits per heavy atom. The van der Waals surface area contributed by atoms with Gasteiger partial charge in [0.2, 0.25) is 0 Å². The monoisotopic (exact) mass is 262 g/mol. The topological polar surface area (TPSA) is 71.4 Å². The third-order valence-electron chi connectivity index (χ3n) is 2.20. The highest BCUT2D eigenvalue weighted by Gasteiger charge is 2.28. The molecular weight excluding hydrogens is 252 g/mol. The molecule has 0 saturated carbocycles. The second-order valence-corrected chi connectivity index (χ2v) is 6.11. The second kappa shape index (κ2) is 4.84. The molecule has 1 aromatic carbocycles. The van der Waals surface area contributed by atoms with E-state index in [-0.39, 0.29) is 5.75 Å². The zero-order valence-corrected chi connectivity index (χ0v) is 10.1. The number of carboxylic acid groups (broad SMARTS) is 1.